The van der Waals surface area contributed by atoms with Gasteiger partial charge in [0.25, 0.3) is 0 Å². The molecule has 0 aliphatic carbocycles. The Kier molecular flexibility index (Phi) is 4.79. The number of methoxy groups -OCH3 is 1. The summed E-state index contributed by atoms with van der Waals surface area (Å²) < 4.78 is 10.00. The molecule has 1 aromatic carbocycles. The number of rotatable bonds is 5. The van der Waals surface area contributed by atoms with Gasteiger partial charge in [-0.05, 0) is 24.6 Å². The van der Waals surface area contributed by atoms with Gasteiger partial charge in [-0.1, -0.05) is 12.1 Å². The van der Waals surface area contributed by atoms with Crippen LogP contribution in [0.2, 0.25) is 0 Å². The number of hydrogen-bond acceptors (Lipinski definition) is 4. The molecule has 0 saturated carbocycles. The quantitative estimate of drug-likeness (QED) is 0.605. The highest BCUT2D eigenvalue weighted by atomic mass is 16.6. The molecule has 4 nitrogen and oxygen atoms in total. The van der Waals surface area contributed by atoms with Crippen LogP contribution in [-0.2, 0) is 20.7 Å². The molecule has 2 N–H and O–H groups in total. The Balaban J connectivity index is 2.67. The maximum atomic E-state index is 11.4. The molecule has 1 unspecified atom stereocenters. The molecule has 88 valence electrons. The first kappa shape index (κ1) is 12.5. The molecule has 0 bridgehead atoms. The summed E-state index contributed by atoms with van der Waals surface area (Å²) in [7, 11) is 1.36. The van der Waals surface area contributed by atoms with E-state index in [-0.39, 0.29) is 5.97 Å². The second kappa shape index (κ2) is 6.12. The maximum Gasteiger partial charge on any atom is 0.335 e. The van der Waals surface area contributed by atoms with E-state index < -0.39 is 6.10 Å². The predicted octanol–water partition coefficient (Wildman–Crippen LogP) is 1.39. The van der Waals surface area contributed by atoms with Crippen LogP contribution < -0.4 is 5.73 Å². The summed E-state index contributed by atoms with van der Waals surface area (Å²) in [6.45, 7) is 2.33. The van der Waals surface area contributed by atoms with E-state index in [0.29, 0.717) is 18.7 Å². The van der Waals surface area contributed by atoms with Gasteiger partial charge < -0.3 is 15.2 Å². The zero-order valence-electron chi connectivity index (χ0n) is 9.60. The number of ether oxygens (including phenoxy) is 2. The molecule has 0 aromatic heterocycles. The van der Waals surface area contributed by atoms with Gasteiger partial charge in [0, 0.05) is 18.7 Å². The number of nitrogen functional groups attached to an aromatic ring is 1. The van der Waals surface area contributed by atoms with Gasteiger partial charge in [0.15, 0.2) is 6.10 Å². The number of carbonyl (C=O) groups excluding carboxylic acids is 1. The molecule has 1 rings (SSSR count). The Hall–Kier alpha value is -1.55. The zero-order chi connectivity index (χ0) is 12.0. The van der Waals surface area contributed by atoms with Gasteiger partial charge in [-0.15, -0.1) is 0 Å². The van der Waals surface area contributed by atoms with Crippen LogP contribution in [0.5, 0.6) is 0 Å². The lowest BCUT2D eigenvalue weighted by Crippen LogP contribution is -2.28. The van der Waals surface area contributed by atoms with E-state index in [1.165, 1.54) is 7.11 Å². The summed E-state index contributed by atoms with van der Waals surface area (Å²) in [4.78, 5) is 11.4. The van der Waals surface area contributed by atoms with E-state index in [0.717, 1.165) is 5.56 Å². The third-order valence-electron chi connectivity index (χ3n) is 2.23. The van der Waals surface area contributed by atoms with Crippen molar-refractivity contribution in [1.29, 1.82) is 0 Å². The topological polar surface area (TPSA) is 61.5 Å². The van der Waals surface area contributed by atoms with Gasteiger partial charge in [-0.3, -0.25) is 0 Å². The minimum atomic E-state index is -0.543. The smallest absolute Gasteiger partial charge is 0.335 e. The van der Waals surface area contributed by atoms with Gasteiger partial charge >= 0.3 is 5.97 Å². The lowest BCUT2D eigenvalue weighted by atomic mass is 10.1. The summed E-state index contributed by atoms with van der Waals surface area (Å²) in [6, 6.07) is 7.36. The van der Waals surface area contributed by atoms with Crippen molar-refractivity contribution in [3.05, 3.63) is 29.8 Å². The van der Waals surface area contributed by atoms with Gasteiger partial charge in [0.2, 0.25) is 0 Å². The van der Waals surface area contributed by atoms with Crippen LogP contribution in [0.4, 0.5) is 5.69 Å². The minimum Gasteiger partial charge on any atom is -0.467 e. The molecule has 0 aliphatic heterocycles. The molecule has 16 heavy (non-hydrogen) atoms. The molecule has 0 aliphatic rings. The van der Waals surface area contributed by atoms with Crippen LogP contribution in [0.15, 0.2) is 24.3 Å². The second-order valence-corrected chi connectivity index (χ2v) is 3.41. The Morgan fingerprint density at radius 2 is 2.00 bits per heavy atom. The first-order chi connectivity index (χ1) is 7.67. The lowest BCUT2D eigenvalue weighted by Gasteiger charge is -2.14. The van der Waals surface area contributed by atoms with Crippen molar-refractivity contribution < 1.29 is 14.3 Å². The molecule has 0 fully saturated rings. The Labute approximate surface area is 95.3 Å². The van der Waals surface area contributed by atoms with Gasteiger partial charge in [-0.25, -0.2) is 4.79 Å². The minimum absolute atomic E-state index is 0.348. The molecule has 0 saturated heterocycles. The summed E-state index contributed by atoms with van der Waals surface area (Å²) in [6.07, 6.45) is -0.0422. The summed E-state index contributed by atoms with van der Waals surface area (Å²) >= 11 is 0. The van der Waals surface area contributed by atoms with Crippen LogP contribution in [-0.4, -0.2) is 25.8 Å². The van der Waals surface area contributed by atoms with Crippen LogP contribution in [0.1, 0.15) is 12.5 Å². The van der Waals surface area contributed by atoms with Crippen LogP contribution >= 0.6 is 0 Å². The Bertz CT molecular complexity index is 335. The monoisotopic (exact) mass is 223 g/mol. The fourth-order valence-corrected chi connectivity index (χ4v) is 1.41. The van der Waals surface area contributed by atoms with Crippen LogP contribution in [0.25, 0.3) is 0 Å². The van der Waals surface area contributed by atoms with E-state index in [2.05, 4.69) is 4.74 Å². The van der Waals surface area contributed by atoms with Crippen molar-refractivity contribution in [3.63, 3.8) is 0 Å². The zero-order valence-corrected chi connectivity index (χ0v) is 9.60. The van der Waals surface area contributed by atoms with Crippen LogP contribution in [0.3, 0.4) is 0 Å². The molecule has 4 heteroatoms. The van der Waals surface area contributed by atoms with E-state index in [9.17, 15) is 4.79 Å². The fraction of sp³-hybridized carbons (Fsp3) is 0.417. The maximum absolute atomic E-state index is 11.4. The van der Waals surface area contributed by atoms with Crippen molar-refractivity contribution in [1.82, 2.24) is 0 Å². The van der Waals surface area contributed by atoms with Gasteiger partial charge in [0.05, 0.1) is 7.11 Å². The van der Waals surface area contributed by atoms with E-state index >= 15 is 0 Å². The molecular weight excluding hydrogens is 206 g/mol. The highest BCUT2D eigenvalue weighted by Crippen LogP contribution is 2.10. The average Bonchev–Trinajstić information content (AvgIpc) is 2.30. The summed E-state index contributed by atoms with van der Waals surface area (Å²) in [5.74, 6) is -0.348. The van der Waals surface area contributed by atoms with Crippen molar-refractivity contribution in [2.24, 2.45) is 0 Å². The number of esters is 1. The normalized spacial score (nSPS) is 12.1. The summed E-state index contributed by atoms with van der Waals surface area (Å²) in [5.41, 5.74) is 7.28. The van der Waals surface area contributed by atoms with E-state index in [1.807, 2.05) is 19.1 Å². The van der Waals surface area contributed by atoms with Crippen molar-refractivity contribution in [3.8, 4) is 0 Å². The first-order valence-corrected chi connectivity index (χ1v) is 5.21. The SMILES string of the molecule is CCOC(Cc1ccc(N)cc1)C(=O)OC. The Morgan fingerprint density at radius 1 is 1.38 bits per heavy atom. The number of hydrogen-bond donors (Lipinski definition) is 1. The largest absolute Gasteiger partial charge is 0.467 e. The molecule has 1 aromatic rings. The third kappa shape index (κ3) is 3.55. The standard InChI is InChI=1S/C12H17NO3/c1-3-16-11(12(14)15-2)8-9-4-6-10(13)7-5-9/h4-7,11H,3,8,13H2,1-2H3. The lowest BCUT2D eigenvalue weighted by molar-refractivity contribution is -0.153. The van der Waals surface area contributed by atoms with Gasteiger partial charge in [0.1, 0.15) is 0 Å². The second-order valence-electron chi connectivity index (χ2n) is 3.41. The molecule has 1 atom stereocenters. The van der Waals surface area contributed by atoms with Crippen LogP contribution in [0, 0.1) is 0 Å². The number of carbonyl (C=O) groups is 1. The number of nitrogens with two attached hydrogens (primary N) is 1. The van der Waals surface area contributed by atoms with Gasteiger partial charge in [-0.2, -0.15) is 0 Å². The Morgan fingerprint density at radius 3 is 2.50 bits per heavy atom. The highest BCUT2D eigenvalue weighted by molar-refractivity contribution is 5.75. The molecule has 0 radical (unpaired) electrons. The molecule has 0 heterocycles. The summed E-state index contributed by atoms with van der Waals surface area (Å²) in [5, 5.41) is 0. The third-order valence-corrected chi connectivity index (χ3v) is 2.23. The van der Waals surface area contributed by atoms with E-state index in [4.69, 9.17) is 10.5 Å². The average molecular weight is 223 g/mol. The number of anilines is 1. The predicted molar refractivity (Wildman–Crippen MR) is 62.0 cm³/mol. The molecule has 0 amide bonds. The molecule has 0 spiro atoms. The molecular formula is C12H17NO3. The highest BCUT2D eigenvalue weighted by Gasteiger charge is 2.19. The van der Waals surface area contributed by atoms with Crippen molar-refractivity contribution >= 4 is 11.7 Å². The van der Waals surface area contributed by atoms with Crippen molar-refractivity contribution in [2.45, 2.75) is 19.4 Å². The number of benzene rings is 1. The first-order valence-electron chi connectivity index (χ1n) is 5.21. The van der Waals surface area contributed by atoms with Crippen molar-refractivity contribution in [2.75, 3.05) is 19.5 Å². The fourth-order valence-electron chi connectivity index (χ4n) is 1.41. The van der Waals surface area contributed by atoms with E-state index in [1.54, 1.807) is 12.1 Å².